The lowest BCUT2D eigenvalue weighted by Gasteiger charge is -2.18. The molecule has 1 aromatic heterocycles. The molecule has 0 amide bonds. The second kappa shape index (κ2) is 5.00. The van der Waals surface area contributed by atoms with Crippen molar-refractivity contribution < 1.29 is 0 Å². The summed E-state index contributed by atoms with van der Waals surface area (Å²) in [5.41, 5.74) is 8.91. The lowest BCUT2D eigenvalue weighted by atomic mass is 10.0. The number of aryl methyl sites for hydroxylation is 2. The van der Waals surface area contributed by atoms with Gasteiger partial charge in [0.15, 0.2) is 0 Å². The molecule has 0 spiro atoms. The fraction of sp³-hybridized carbons (Fsp3) is 0.769. The van der Waals surface area contributed by atoms with Crippen molar-refractivity contribution in [2.24, 2.45) is 5.73 Å². The highest BCUT2D eigenvalue weighted by molar-refractivity contribution is 5.20. The summed E-state index contributed by atoms with van der Waals surface area (Å²) in [7, 11) is 0. The number of nitrogens with two attached hydrogens (primary N) is 1. The Morgan fingerprint density at radius 2 is 2.12 bits per heavy atom. The first-order valence-electron chi connectivity index (χ1n) is 6.52. The summed E-state index contributed by atoms with van der Waals surface area (Å²) in [6.45, 7) is 5.25. The lowest BCUT2D eigenvalue weighted by molar-refractivity contribution is 0.489. The minimum Gasteiger partial charge on any atom is -0.330 e. The molecule has 3 heteroatoms. The molecule has 1 heterocycles. The molecule has 0 aliphatic heterocycles. The first kappa shape index (κ1) is 11.6. The van der Waals surface area contributed by atoms with Crippen LogP contribution in [0.1, 0.15) is 49.8 Å². The van der Waals surface area contributed by atoms with E-state index in [0.717, 1.165) is 31.6 Å². The van der Waals surface area contributed by atoms with E-state index < -0.39 is 0 Å². The Kier molecular flexibility index (Phi) is 3.64. The van der Waals surface area contributed by atoms with Crippen LogP contribution in [0.4, 0.5) is 0 Å². The largest absolute Gasteiger partial charge is 0.330 e. The van der Waals surface area contributed by atoms with Crippen LogP contribution >= 0.6 is 0 Å². The van der Waals surface area contributed by atoms with Gasteiger partial charge in [0.1, 0.15) is 5.82 Å². The second-order valence-electron chi connectivity index (χ2n) is 4.92. The average Bonchev–Trinajstić information content (AvgIpc) is 2.56. The molecule has 90 valence electrons. The molecule has 0 saturated heterocycles. The number of imidazole rings is 1. The van der Waals surface area contributed by atoms with E-state index in [1.807, 2.05) is 0 Å². The predicted molar refractivity (Wildman–Crippen MR) is 66.5 cm³/mol. The molecule has 0 bridgehead atoms. The van der Waals surface area contributed by atoms with Gasteiger partial charge in [-0.15, -0.1) is 0 Å². The van der Waals surface area contributed by atoms with Gasteiger partial charge in [-0.2, -0.15) is 0 Å². The van der Waals surface area contributed by atoms with Crippen LogP contribution in [-0.2, 0) is 19.4 Å². The topological polar surface area (TPSA) is 43.8 Å². The Labute approximate surface area is 98.1 Å². The zero-order valence-electron chi connectivity index (χ0n) is 10.5. The van der Waals surface area contributed by atoms with E-state index >= 15 is 0 Å². The summed E-state index contributed by atoms with van der Waals surface area (Å²) >= 11 is 0. The fourth-order valence-electron chi connectivity index (χ4n) is 2.67. The third-order valence-electron chi connectivity index (χ3n) is 3.50. The minimum atomic E-state index is 0.281. The van der Waals surface area contributed by atoms with Crippen LogP contribution in [0.25, 0.3) is 0 Å². The van der Waals surface area contributed by atoms with E-state index in [4.69, 9.17) is 5.73 Å². The van der Waals surface area contributed by atoms with E-state index in [-0.39, 0.29) is 6.04 Å². The molecule has 2 rings (SSSR count). The van der Waals surface area contributed by atoms with Crippen molar-refractivity contribution in [3.63, 3.8) is 0 Å². The average molecular weight is 221 g/mol. The minimum absolute atomic E-state index is 0.281. The Morgan fingerprint density at radius 3 is 2.88 bits per heavy atom. The standard InChI is InChI=1S/C13H23N3/c1-3-6-11(14)9-16-10(2)15-12-7-4-5-8-13(12)16/h11H,3-9,14H2,1-2H3. The highest BCUT2D eigenvalue weighted by Crippen LogP contribution is 2.22. The SMILES string of the molecule is CCCC(N)Cn1c(C)nc2c1CCCC2. The Morgan fingerprint density at radius 1 is 1.38 bits per heavy atom. The summed E-state index contributed by atoms with van der Waals surface area (Å²) in [4.78, 5) is 4.67. The van der Waals surface area contributed by atoms with E-state index in [1.165, 1.54) is 30.7 Å². The first-order valence-corrected chi connectivity index (χ1v) is 6.52. The summed E-state index contributed by atoms with van der Waals surface area (Å²) in [5.74, 6) is 1.15. The number of rotatable bonds is 4. The van der Waals surface area contributed by atoms with Gasteiger partial charge >= 0.3 is 0 Å². The van der Waals surface area contributed by atoms with Crippen molar-refractivity contribution in [2.75, 3.05) is 0 Å². The maximum Gasteiger partial charge on any atom is 0.106 e. The molecule has 2 N–H and O–H groups in total. The first-order chi connectivity index (χ1) is 7.72. The van der Waals surface area contributed by atoms with Crippen molar-refractivity contribution in [3.05, 3.63) is 17.2 Å². The van der Waals surface area contributed by atoms with Gasteiger partial charge < -0.3 is 10.3 Å². The van der Waals surface area contributed by atoms with E-state index in [0.29, 0.717) is 0 Å². The monoisotopic (exact) mass is 221 g/mol. The quantitative estimate of drug-likeness (QED) is 0.847. The van der Waals surface area contributed by atoms with E-state index in [2.05, 4.69) is 23.4 Å². The van der Waals surface area contributed by atoms with Crippen LogP contribution < -0.4 is 5.73 Å². The predicted octanol–water partition coefficient (Wildman–Crippen LogP) is 2.20. The normalized spacial score (nSPS) is 17.2. The summed E-state index contributed by atoms with van der Waals surface area (Å²) in [5, 5.41) is 0. The molecule has 3 nitrogen and oxygen atoms in total. The van der Waals surface area contributed by atoms with Gasteiger partial charge in [-0.05, 0) is 39.0 Å². The van der Waals surface area contributed by atoms with Crippen molar-refractivity contribution in [1.82, 2.24) is 9.55 Å². The second-order valence-corrected chi connectivity index (χ2v) is 4.92. The van der Waals surface area contributed by atoms with Crippen molar-refractivity contribution in [1.29, 1.82) is 0 Å². The third-order valence-corrected chi connectivity index (χ3v) is 3.50. The van der Waals surface area contributed by atoms with Gasteiger partial charge in [0.2, 0.25) is 0 Å². The van der Waals surface area contributed by atoms with E-state index in [1.54, 1.807) is 0 Å². The van der Waals surface area contributed by atoms with Gasteiger partial charge in [0.25, 0.3) is 0 Å². The Bertz CT molecular complexity index is 354. The molecule has 0 aromatic carbocycles. The van der Waals surface area contributed by atoms with Gasteiger partial charge in [-0.1, -0.05) is 13.3 Å². The zero-order valence-corrected chi connectivity index (χ0v) is 10.5. The molecule has 1 aromatic rings. The highest BCUT2D eigenvalue weighted by atomic mass is 15.1. The molecule has 0 saturated carbocycles. The van der Waals surface area contributed by atoms with E-state index in [9.17, 15) is 0 Å². The molecule has 1 aliphatic carbocycles. The lowest BCUT2D eigenvalue weighted by Crippen LogP contribution is -2.27. The summed E-state index contributed by atoms with van der Waals surface area (Å²) < 4.78 is 2.36. The van der Waals surface area contributed by atoms with Crippen molar-refractivity contribution >= 4 is 0 Å². The molecule has 16 heavy (non-hydrogen) atoms. The van der Waals surface area contributed by atoms with Crippen molar-refractivity contribution in [3.8, 4) is 0 Å². The summed E-state index contributed by atoms with van der Waals surface area (Å²) in [6.07, 6.45) is 7.22. The molecule has 0 fully saturated rings. The number of nitrogens with zero attached hydrogens (tertiary/aromatic N) is 2. The number of hydrogen-bond acceptors (Lipinski definition) is 2. The van der Waals surface area contributed by atoms with Crippen LogP contribution in [0.3, 0.4) is 0 Å². The highest BCUT2D eigenvalue weighted by Gasteiger charge is 2.18. The summed E-state index contributed by atoms with van der Waals surface area (Å²) in [6, 6.07) is 0.281. The smallest absolute Gasteiger partial charge is 0.106 e. The van der Waals surface area contributed by atoms with Gasteiger partial charge in [-0.25, -0.2) is 4.98 Å². The Hall–Kier alpha value is -0.830. The van der Waals surface area contributed by atoms with Crippen LogP contribution in [0.5, 0.6) is 0 Å². The maximum atomic E-state index is 6.13. The molecule has 0 radical (unpaired) electrons. The van der Waals surface area contributed by atoms with Gasteiger partial charge in [0.05, 0.1) is 5.69 Å². The fourth-order valence-corrected chi connectivity index (χ4v) is 2.67. The van der Waals surface area contributed by atoms with Crippen LogP contribution in [-0.4, -0.2) is 15.6 Å². The molecule has 1 atom stereocenters. The number of hydrogen-bond donors (Lipinski definition) is 1. The van der Waals surface area contributed by atoms with Crippen molar-refractivity contribution in [2.45, 2.75) is 65.0 Å². The molecule has 1 unspecified atom stereocenters. The number of fused-ring (bicyclic) bond motifs is 1. The van der Waals surface area contributed by atoms with Gasteiger partial charge in [-0.3, -0.25) is 0 Å². The number of aromatic nitrogens is 2. The molecular weight excluding hydrogens is 198 g/mol. The van der Waals surface area contributed by atoms with Gasteiger partial charge in [0, 0.05) is 18.3 Å². The zero-order chi connectivity index (χ0) is 11.5. The Balaban J connectivity index is 2.16. The van der Waals surface area contributed by atoms with Crippen LogP contribution in [0.15, 0.2) is 0 Å². The molecular formula is C13H23N3. The maximum absolute atomic E-state index is 6.13. The van der Waals surface area contributed by atoms with Crippen LogP contribution in [0, 0.1) is 6.92 Å². The molecule has 1 aliphatic rings. The third kappa shape index (κ3) is 2.29. The van der Waals surface area contributed by atoms with Crippen LogP contribution in [0.2, 0.25) is 0 Å².